The number of benzene rings is 1. The molecule has 0 aromatic heterocycles. The maximum absolute atomic E-state index is 14.5. The normalized spacial score (nSPS) is 39.8. The van der Waals surface area contributed by atoms with Crippen molar-refractivity contribution in [2.75, 3.05) is 11.4 Å². The van der Waals surface area contributed by atoms with E-state index < -0.39 is 82.7 Å². The van der Waals surface area contributed by atoms with Gasteiger partial charge in [-0.15, -0.1) is 0 Å². The number of alkyl carbamates (subject to hydrolysis) is 1. The van der Waals surface area contributed by atoms with Crippen molar-refractivity contribution in [1.82, 2.24) is 5.32 Å². The third kappa shape index (κ3) is 7.31. The van der Waals surface area contributed by atoms with Gasteiger partial charge in [0.2, 0.25) is 5.91 Å². The van der Waals surface area contributed by atoms with Crippen LogP contribution in [0.1, 0.15) is 78.9 Å². The number of carbonyl (C=O) groups is 4. The Morgan fingerprint density at radius 3 is 2.39 bits per heavy atom. The lowest BCUT2D eigenvalue weighted by atomic mass is 9.81. The van der Waals surface area contributed by atoms with E-state index in [0.29, 0.717) is 17.1 Å². The van der Waals surface area contributed by atoms with Crippen LogP contribution in [0.3, 0.4) is 0 Å². The average molecular weight is 701 g/mol. The van der Waals surface area contributed by atoms with Crippen LogP contribution >= 0.6 is 11.6 Å². The summed E-state index contributed by atoms with van der Waals surface area (Å²) in [7, 11) is 0. The number of rotatable bonds is 0. The minimum absolute atomic E-state index is 0.0360. The molecule has 1 aromatic rings. The zero-order valence-electron chi connectivity index (χ0n) is 29.5. The Labute approximate surface area is 293 Å². The van der Waals surface area contributed by atoms with Crippen LogP contribution in [0.4, 0.5) is 10.5 Å². The third-order valence-electron chi connectivity index (χ3n) is 11.1. The molecule has 3 unspecified atom stereocenters. The summed E-state index contributed by atoms with van der Waals surface area (Å²) in [5.41, 5.74) is -1.59. The third-order valence-corrected chi connectivity index (χ3v) is 11.6. The van der Waals surface area contributed by atoms with E-state index in [1.165, 1.54) is 11.8 Å². The standard InChI is InChI=1S/C37H49ClN2O9/c1-19-10-9-11-22(4)37(46)17-27(47-34(44)39-37)24(6)32-36(8,49-32)29-16-30(42)40(26-15-25(12-19)13-20(2)31(26)38)18-23(5)35(7,45)28(41)14-21(3)33(43)48-29/h9-11,13,15,21-24,27,29,32,45-46H,12,14,16-18H2,1-8H3,(H,39,44)/b11-9+,19-10?/t21-,22-,23?,24-,27+,29+,32?,35?,36+,37+/m1/s1. The number of aryl methyl sites for hydroxylation is 1. The number of ether oxygens (including phenoxy) is 3. The van der Waals surface area contributed by atoms with Gasteiger partial charge >= 0.3 is 12.1 Å². The van der Waals surface area contributed by atoms with Crippen LogP contribution in [-0.4, -0.2) is 75.7 Å². The fraction of sp³-hybridized carbons (Fsp3) is 0.622. The number of anilines is 1. The lowest BCUT2D eigenvalue weighted by Gasteiger charge is -2.41. The van der Waals surface area contributed by atoms with E-state index in [1.807, 2.05) is 58.1 Å². The molecule has 0 saturated carbocycles. The molecule has 49 heavy (non-hydrogen) atoms. The van der Waals surface area contributed by atoms with E-state index in [2.05, 4.69) is 5.32 Å². The predicted molar refractivity (Wildman–Crippen MR) is 183 cm³/mol. The molecule has 4 aliphatic rings. The summed E-state index contributed by atoms with van der Waals surface area (Å²) in [6, 6.07) is 3.78. The summed E-state index contributed by atoms with van der Waals surface area (Å²) in [6.07, 6.45) is 2.44. The SMILES string of the molecule is CC1=C/C=C/[C@@H](C)[C@@]2(O)C[C@H](OC(=O)N2)[C@@H](C)C2O[C@@]2(C)[C@@H]2CC(=O)N(CC(C)C(C)(O)C(=O)C[C@@H](C)C(=O)O2)c2cc(cc(C)c2Cl)C1. The topological polar surface area (TPSA) is 155 Å². The highest BCUT2D eigenvalue weighted by Gasteiger charge is 2.64. The van der Waals surface area contributed by atoms with Gasteiger partial charge in [0, 0.05) is 37.1 Å². The molecule has 10 atom stereocenters. The Morgan fingerprint density at radius 2 is 1.69 bits per heavy atom. The lowest BCUT2D eigenvalue weighted by Crippen LogP contribution is -2.60. The van der Waals surface area contributed by atoms with Crippen LogP contribution < -0.4 is 10.2 Å². The molecule has 12 heteroatoms. The van der Waals surface area contributed by atoms with E-state index in [1.54, 1.807) is 20.8 Å². The predicted octanol–water partition coefficient (Wildman–Crippen LogP) is 4.95. The van der Waals surface area contributed by atoms with Crippen molar-refractivity contribution in [3.05, 3.63) is 52.1 Å². The number of hydrogen-bond acceptors (Lipinski definition) is 9. The van der Waals surface area contributed by atoms with Gasteiger partial charge in [0.25, 0.3) is 0 Å². The van der Waals surface area contributed by atoms with Gasteiger partial charge in [0.1, 0.15) is 29.1 Å². The van der Waals surface area contributed by atoms with Crippen molar-refractivity contribution in [2.45, 2.75) is 116 Å². The maximum atomic E-state index is 14.5. The second-order valence-corrected chi connectivity index (χ2v) is 15.5. The van der Waals surface area contributed by atoms with Gasteiger partial charge in [-0.1, -0.05) is 69.2 Å². The quantitative estimate of drug-likeness (QED) is 0.252. The van der Waals surface area contributed by atoms with Gasteiger partial charge in [0.15, 0.2) is 5.78 Å². The summed E-state index contributed by atoms with van der Waals surface area (Å²) in [4.78, 5) is 55.7. The van der Waals surface area contributed by atoms with E-state index in [4.69, 9.17) is 25.8 Å². The first kappa shape index (κ1) is 37.0. The van der Waals surface area contributed by atoms with Crippen molar-refractivity contribution < 1.29 is 43.6 Å². The molecule has 3 saturated heterocycles. The highest BCUT2D eigenvalue weighted by molar-refractivity contribution is 6.34. The zero-order valence-corrected chi connectivity index (χ0v) is 30.3. The fourth-order valence-corrected chi connectivity index (χ4v) is 7.43. The van der Waals surface area contributed by atoms with Crippen LogP contribution in [0.25, 0.3) is 0 Å². The molecule has 3 fully saturated rings. The number of amides is 2. The van der Waals surface area contributed by atoms with E-state index in [-0.39, 0.29) is 25.8 Å². The molecule has 4 aliphatic heterocycles. The van der Waals surface area contributed by atoms with Gasteiger partial charge in [-0.25, -0.2) is 4.79 Å². The Morgan fingerprint density at radius 1 is 1.00 bits per heavy atom. The molecule has 268 valence electrons. The summed E-state index contributed by atoms with van der Waals surface area (Å²) >= 11 is 6.91. The van der Waals surface area contributed by atoms with E-state index in [9.17, 15) is 29.4 Å². The van der Waals surface area contributed by atoms with Crippen molar-refractivity contribution in [1.29, 1.82) is 0 Å². The monoisotopic (exact) mass is 700 g/mol. The minimum Gasteiger partial charge on any atom is -0.458 e. The summed E-state index contributed by atoms with van der Waals surface area (Å²) < 4.78 is 17.9. The number of halogens is 1. The number of allylic oxidation sites excluding steroid dienone is 3. The smallest absolute Gasteiger partial charge is 0.409 e. The number of esters is 1. The largest absolute Gasteiger partial charge is 0.458 e. The first-order valence-corrected chi connectivity index (χ1v) is 17.4. The van der Waals surface area contributed by atoms with Crippen LogP contribution in [0.5, 0.6) is 0 Å². The highest BCUT2D eigenvalue weighted by Crippen LogP contribution is 2.49. The van der Waals surface area contributed by atoms with Crippen molar-refractivity contribution in [3.8, 4) is 0 Å². The highest BCUT2D eigenvalue weighted by atomic mass is 35.5. The number of carbonyl (C=O) groups excluding carboxylic acids is 4. The Bertz CT molecular complexity index is 1590. The Hall–Kier alpha value is -3.25. The molecule has 1 aromatic carbocycles. The number of Topliss-reactive ketones (excluding diaryl/α,β-unsaturated/α-hetero) is 1. The summed E-state index contributed by atoms with van der Waals surface area (Å²) in [6.45, 7) is 13.8. The number of fused-ring (bicyclic) bond motifs is 10. The van der Waals surface area contributed by atoms with Gasteiger partial charge in [-0.3, -0.25) is 19.7 Å². The van der Waals surface area contributed by atoms with Crippen LogP contribution in [-0.2, 0) is 35.0 Å². The van der Waals surface area contributed by atoms with Crippen LogP contribution in [0.2, 0.25) is 5.02 Å². The molecule has 2 amide bonds. The van der Waals surface area contributed by atoms with Crippen molar-refractivity contribution >= 4 is 41.0 Å². The molecular formula is C37H49ClN2O9. The summed E-state index contributed by atoms with van der Waals surface area (Å²) in [5.74, 6) is -4.25. The number of epoxide rings is 1. The first-order valence-electron chi connectivity index (χ1n) is 17.0. The molecule has 11 nitrogen and oxygen atoms in total. The molecular weight excluding hydrogens is 652 g/mol. The Balaban J connectivity index is 1.65. The van der Waals surface area contributed by atoms with E-state index in [0.717, 1.165) is 16.7 Å². The van der Waals surface area contributed by atoms with Gasteiger partial charge in [-0.05, 0) is 51.3 Å². The molecule has 5 rings (SSSR count). The molecule has 0 aliphatic carbocycles. The van der Waals surface area contributed by atoms with Crippen molar-refractivity contribution in [2.24, 2.45) is 23.7 Å². The number of nitrogens with one attached hydrogen (secondary N) is 1. The number of aliphatic hydroxyl groups is 2. The molecule has 0 spiro atoms. The number of ketones is 1. The Kier molecular flexibility index (Phi) is 10.2. The van der Waals surface area contributed by atoms with Crippen molar-refractivity contribution in [3.63, 3.8) is 0 Å². The van der Waals surface area contributed by atoms with Crippen LogP contribution in [0, 0.1) is 30.6 Å². The van der Waals surface area contributed by atoms with E-state index >= 15 is 0 Å². The van der Waals surface area contributed by atoms with Crippen LogP contribution in [0.15, 0.2) is 35.9 Å². The van der Waals surface area contributed by atoms with Gasteiger partial charge in [0.05, 0.1) is 29.2 Å². The molecule has 6 bridgehead atoms. The first-order chi connectivity index (χ1) is 22.8. The lowest BCUT2D eigenvalue weighted by molar-refractivity contribution is -0.161. The molecule has 3 N–H and O–H groups in total. The minimum atomic E-state index is -1.85. The molecule has 0 radical (unpaired) electrons. The summed E-state index contributed by atoms with van der Waals surface area (Å²) in [5, 5.41) is 26.0. The zero-order chi connectivity index (χ0) is 36.2. The fourth-order valence-electron chi connectivity index (χ4n) is 7.22. The molecule has 4 heterocycles. The number of nitrogens with zero attached hydrogens (tertiary/aromatic N) is 1. The second-order valence-electron chi connectivity index (χ2n) is 15.1. The van der Waals surface area contributed by atoms with Gasteiger partial charge < -0.3 is 29.3 Å². The second kappa shape index (κ2) is 13.5. The van der Waals surface area contributed by atoms with Gasteiger partial charge in [-0.2, -0.15) is 0 Å². The maximum Gasteiger partial charge on any atom is 0.409 e. The average Bonchev–Trinajstić information content (AvgIpc) is 3.71. The number of hydrogen-bond donors (Lipinski definition) is 3.